The Labute approximate surface area is 198 Å². The maximum absolute atomic E-state index is 12.7. The van der Waals surface area contributed by atoms with E-state index in [1.165, 1.54) is 0 Å². The highest BCUT2D eigenvalue weighted by molar-refractivity contribution is 5.96. The van der Waals surface area contributed by atoms with Crippen LogP contribution in [0.4, 0.5) is 5.82 Å². The molecule has 0 bridgehead atoms. The number of carbonyl (C=O) groups is 1. The molecule has 8 heteroatoms. The number of fused-ring (bicyclic) bond motifs is 1. The Kier molecular flexibility index (Phi) is 7.51. The third-order valence-corrected chi connectivity index (χ3v) is 5.70. The lowest BCUT2D eigenvalue weighted by Crippen LogP contribution is -2.27. The summed E-state index contributed by atoms with van der Waals surface area (Å²) in [7, 11) is 1.59. The van der Waals surface area contributed by atoms with Crippen molar-refractivity contribution in [2.75, 3.05) is 32.2 Å². The minimum absolute atomic E-state index is 0.0423. The molecule has 0 aliphatic heterocycles. The monoisotopic (exact) mass is 459 g/mol. The number of aliphatic hydroxyl groups excluding tert-OH is 1. The summed E-state index contributed by atoms with van der Waals surface area (Å²) in [4.78, 5) is 21.6. The Hall–Kier alpha value is -3.75. The summed E-state index contributed by atoms with van der Waals surface area (Å²) < 4.78 is 6.91. The van der Waals surface area contributed by atoms with Gasteiger partial charge in [-0.05, 0) is 42.7 Å². The highest BCUT2D eigenvalue weighted by atomic mass is 16.5. The van der Waals surface area contributed by atoms with Crippen molar-refractivity contribution in [3.05, 3.63) is 83.9 Å². The molecule has 0 saturated carbocycles. The number of nitrogens with zero attached hydrogens (tertiary/aromatic N) is 3. The first-order valence-electron chi connectivity index (χ1n) is 11.3. The quantitative estimate of drug-likeness (QED) is 0.314. The normalized spacial score (nSPS) is 12.0. The molecule has 8 nitrogen and oxygen atoms in total. The molecule has 0 aliphatic rings. The van der Waals surface area contributed by atoms with E-state index in [0.717, 1.165) is 33.5 Å². The molecular formula is C26H29N5O3. The summed E-state index contributed by atoms with van der Waals surface area (Å²) in [5.41, 5.74) is 4.16. The average molecular weight is 460 g/mol. The molecule has 2 heterocycles. The van der Waals surface area contributed by atoms with Crippen LogP contribution in [0.25, 0.3) is 16.6 Å². The number of hydrogen-bond acceptors (Lipinski definition) is 6. The molecule has 34 heavy (non-hydrogen) atoms. The summed E-state index contributed by atoms with van der Waals surface area (Å²) in [6.45, 7) is 2.90. The van der Waals surface area contributed by atoms with Gasteiger partial charge in [0.2, 0.25) is 0 Å². The summed E-state index contributed by atoms with van der Waals surface area (Å²) in [6, 6.07) is 16.1. The third kappa shape index (κ3) is 5.24. The van der Waals surface area contributed by atoms with Gasteiger partial charge in [0.25, 0.3) is 5.91 Å². The van der Waals surface area contributed by atoms with Gasteiger partial charge in [0.05, 0.1) is 17.7 Å². The highest BCUT2D eigenvalue weighted by Crippen LogP contribution is 2.27. The van der Waals surface area contributed by atoms with Gasteiger partial charge < -0.3 is 25.0 Å². The van der Waals surface area contributed by atoms with Crippen molar-refractivity contribution in [1.29, 1.82) is 0 Å². The third-order valence-electron chi connectivity index (χ3n) is 5.70. The van der Waals surface area contributed by atoms with Gasteiger partial charge in [0, 0.05) is 49.8 Å². The van der Waals surface area contributed by atoms with E-state index in [4.69, 9.17) is 4.74 Å². The molecule has 0 aliphatic carbocycles. The maximum atomic E-state index is 12.7. The smallest absolute Gasteiger partial charge is 0.253 e. The topological polar surface area (TPSA) is 101 Å². The second-order valence-electron chi connectivity index (χ2n) is 8.03. The zero-order chi connectivity index (χ0) is 23.9. The van der Waals surface area contributed by atoms with Crippen LogP contribution < -0.4 is 10.6 Å². The number of aliphatic hydroxyl groups is 1. The van der Waals surface area contributed by atoms with Crippen molar-refractivity contribution in [3.63, 3.8) is 0 Å². The standard InChI is InChI=1S/C26H29N5O3/c1-18(19-6-4-3-5-7-19)30-25-22-14-21(8-9-24(22)28-17-29-25)31-15-20(10-12-32)23(16-31)26(33)27-11-13-34-2/h3-9,14-18,32H,10-13H2,1-2H3,(H,27,33)(H,28,29,30). The largest absolute Gasteiger partial charge is 0.396 e. The van der Waals surface area contributed by atoms with E-state index in [1.54, 1.807) is 19.6 Å². The van der Waals surface area contributed by atoms with Crippen LogP contribution in [-0.2, 0) is 11.2 Å². The van der Waals surface area contributed by atoms with Crippen molar-refractivity contribution in [1.82, 2.24) is 19.9 Å². The van der Waals surface area contributed by atoms with Crippen LogP contribution in [0.1, 0.15) is 34.5 Å². The van der Waals surface area contributed by atoms with Crippen LogP contribution in [0.15, 0.2) is 67.3 Å². The van der Waals surface area contributed by atoms with E-state index in [1.807, 2.05) is 47.2 Å². The molecule has 2 aromatic carbocycles. The van der Waals surface area contributed by atoms with E-state index in [9.17, 15) is 9.90 Å². The molecular weight excluding hydrogens is 430 g/mol. The number of carbonyl (C=O) groups excluding carboxylic acids is 1. The number of rotatable bonds is 10. The Balaban J connectivity index is 1.66. The molecule has 176 valence electrons. The zero-order valence-corrected chi connectivity index (χ0v) is 19.4. The molecule has 4 aromatic rings. The van der Waals surface area contributed by atoms with Gasteiger partial charge in [-0.3, -0.25) is 4.79 Å². The fourth-order valence-electron chi connectivity index (χ4n) is 3.88. The van der Waals surface area contributed by atoms with E-state index in [0.29, 0.717) is 25.1 Å². The average Bonchev–Trinajstić information content (AvgIpc) is 3.29. The highest BCUT2D eigenvalue weighted by Gasteiger charge is 2.16. The molecule has 2 aromatic heterocycles. The number of anilines is 1. The molecule has 3 N–H and O–H groups in total. The minimum Gasteiger partial charge on any atom is -0.396 e. The summed E-state index contributed by atoms with van der Waals surface area (Å²) in [5, 5.41) is 16.7. The van der Waals surface area contributed by atoms with E-state index >= 15 is 0 Å². The molecule has 4 rings (SSSR count). The predicted octanol–water partition coefficient (Wildman–Crippen LogP) is 3.50. The predicted molar refractivity (Wildman–Crippen MR) is 132 cm³/mol. The Morgan fingerprint density at radius 3 is 2.74 bits per heavy atom. The number of amides is 1. The second kappa shape index (κ2) is 10.9. The number of nitrogens with one attached hydrogen (secondary N) is 2. The maximum Gasteiger partial charge on any atom is 0.253 e. The van der Waals surface area contributed by atoms with Crippen molar-refractivity contribution in [3.8, 4) is 5.69 Å². The van der Waals surface area contributed by atoms with Crippen molar-refractivity contribution >= 4 is 22.6 Å². The minimum atomic E-state index is -0.192. The molecule has 0 fully saturated rings. The molecule has 0 spiro atoms. The van der Waals surface area contributed by atoms with Crippen molar-refractivity contribution in [2.45, 2.75) is 19.4 Å². The summed E-state index contributed by atoms with van der Waals surface area (Å²) in [6.07, 6.45) is 5.61. The number of hydrogen-bond donors (Lipinski definition) is 3. The first-order chi connectivity index (χ1) is 16.6. The van der Waals surface area contributed by atoms with Gasteiger partial charge >= 0.3 is 0 Å². The van der Waals surface area contributed by atoms with Crippen LogP contribution in [-0.4, -0.2) is 52.4 Å². The lowest BCUT2D eigenvalue weighted by molar-refractivity contribution is 0.0936. The number of benzene rings is 2. The summed E-state index contributed by atoms with van der Waals surface area (Å²) >= 11 is 0. The lowest BCUT2D eigenvalue weighted by Gasteiger charge is -2.16. The van der Waals surface area contributed by atoms with Gasteiger partial charge in [0.15, 0.2) is 0 Å². The second-order valence-corrected chi connectivity index (χ2v) is 8.03. The molecule has 0 saturated heterocycles. The lowest BCUT2D eigenvalue weighted by atomic mass is 10.1. The number of methoxy groups -OCH3 is 1. The van der Waals surface area contributed by atoms with Gasteiger partial charge in [0.1, 0.15) is 12.1 Å². The van der Waals surface area contributed by atoms with E-state index in [2.05, 4.69) is 39.7 Å². The van der Waals surface area contributed by atoms with Crippen LogP contribution in [0, 0.1) is 0 Å². The van der Waals surface area contributed by atoms with Gasteiger partial charge in [-0.1, -0.05) is 30.3 Å². The van der Waals surface area contributed by atoms with Crippen molar-refractivity contribution in [2.24, 2.45) is 0 Å². The number of aromatic nitrogens is 3. The Morgan fingerprint density at radius 1 is 1.15 bits per heavy atom. The first kappa shape index (κ1) is 23.4. The fraction of sp³-hybridized carbons (Fsp3) is 0.269. The van der Waals surface area contributed by atoms with E-state index in [-0.39, 0.29) is 18.6 Å². The Morgan fingerprint density at radius 2 is 1.97 bits per heavy atom. The number of ether oxygens (including phenoxy) is 1. The Bertz CT molecular complexity index is 1260. The fourth-order valence-corrected chi connectivity index (χ4v) is 3.88. The van der Waals surface area contributed by atoms with Crippen LogP contribution in [0.3, 0.4) is 0 Å². The SMILES string of the molecule is COCCNC(=O)c1cn(-c2ccc3ncnc(NC(C)c4ccccc4)c3c2)cc1CCO. The van der Waals surface area contributed by atoms with E-state index < -0.39 is 0 Å². The molecule has 1 atom stereocenters. The molecule has 1 amide bonds. The van der Waals surface area contributed by atoms with Gasteiger partial charge in [-0.15, -0.1) is 0 Å². The first-order valence-corrected chi connectivity index (χ1v) is 11.3. The van der Waals surface area contributed by atoms with Gasteiger partial charge in [-0.25, -0.2) is 9.97 Å². The summed E-state index contributed by atoms with van der Waals surface area (Å²) in [5.74, 6) is 0.547. The zero-order valence-electron chi connectivity index (χ0n) is 19.4. The van der Waals surface area contributed by atoms with Crippen LogP contribution in [0.5, 0.6) is 0 Å². The van der Waals surface area contributed by atoms with Gasteiger partial charge in [-0.2, -0.15) is 0 Å². The van der Waals surface area contributed by atoms with Crippen molar-refractivity contribution < 1.29 is 14.6 Å². The molecule has 0 radical (unpaired) electrons. The molecule has 1 unspecified atom stereocenters. The van der Waals surface area contributed by atoms with Crippen LogP contribution in [0.2, 0.25) is 0 Å². The van der Waals surface area contributed by atoms with Crippen LogP contribution >= 0.6 is 0 Å².